The van der Waals surface area contributed by atoms with Crippen molar-refractivity contribution in [2.24, 2.45) is 7.05 Å². The van der Waals surface area contributed by atoms with Gasteiger partial charge < -0.3 is 9.88 Å². The van der Waals surface area contributed by atoms with Gasteiger partial charge in [-0.3, -0.25) is 4.79 Å². The molecule has 0 fully saturated rings. The monoisotopic (exact) mass is 394 g/mol. The van der Waals surface area contributed by atoms with Gasteiger partial charge in [0.05, 0.1) is 0 Å². The van der Waals surface area contributed by atoms with Crippen molar-refractivity contribution in [1.29, 1.82) is 0 Å². The number of amides is 1. The zero-order chi connectivity index (χ0) is 20.7. The summed E-state index contributed by atoms with van der Waals surface area (Å²) in [5.41, 5.74) is 3.83. The van der Waals surface area contributed by atoms with Crippen LogP contribution in [0.3, 0.4) is 0 Å². The second-order valence-corrected chi connectivity index (χ2v) is 7.74. The molecule has 1 N–H and O–H groups in total. The second kappa shape index (κ2) is 7.27. The smallest absolute Gasteiger partial charge is 0.271 e. The summed E-state index contributed by atoms with van der Waals surface area (Å²) < 4.78 is 17.2. The molecule has 1 atom stereocenters. The van der Waals surface area contributed by atoms with Crippen LogP contribution >= 0.6 is 0 Å². The molecule has 8 heteroatoms. The number of rotatable bonds is 5. The molecule has 29 heavy (non-hydrogen) atoms. The molecule has 1 amide bonds. The number of nitrogens with zero attached hydrogens (tertiary/aromatic N) is 5. The molecule has 4 aromatic rings. The van der Waals surface area contributed by atoms with Crippen LogP contribution in [0.2, 0.25) is 0 Å². The number of aryl methyl sites for hydroxylation is 1. The Bertz CT molecular complexity index is 1210. The van der Waals surface area contributed by atoms with Crippen molar-refractivity contribution in [3.8, 4) is 0 Å². The average molecular weight is 394 g/mol. The zero-order valence-corrected chi connectivity index (χ0v) is 16.8. The lowest BCUT2D eigenvalue weighted by molar-refractivity contribution is 0.0933. The highest BCUT2D eigenvalue weighted by Gasteiger charge is 2.18. The summed E-state index contributed by atoms with van der Waals surface area (Å²) in [5.74, 6) is -0.352. The van der Waals surface area contributed by atoms with Crippen LogP contribution in [0.15, 0.2) is 36.8 Å². The molecule has 0 unspecified atom stereocenters. The Morgan fingerprint density at radius 2 is 2.03 bits per heavy atom. The maximum Gasteiger partial charge on any atom is 0.271 e. The first-order chi connectivity index (χ1) is 13.8. The summed E-state index contributed by atoms with van der Waals surface area (Å²) in [7, 11) is 1.93. The van der Waals surface area contributed by atoms with Crippen molar-refractivity contribution in [3.05, 3.63) is 59.4 Å². The molecular formula is C21H23FN6O. The van der Waals surface area contributed by atoms with E-state index in [2.05, 4.69) is 20.6 Å². The summed E-state index contributed by atoms with van der Waals surface area (Å²) in [6.45, 7) is 6.00. The lowest BCUT2D eigenvalue weighted by Crippen LogP contribution is -2.35. The largest absolute Gasteiger partial charge is 0.350 e. The number of aromatic nitrogens is 5. The summed E-state index contributed by atoms with van der Waals surface area (Å²) >= 11 is 0. The van der Waals surface area contributed by atoms with E-state index in [1.165, 1.54) is 23.0 Å². The van der Waals surface area contributed by atoms with E-state index in [1.54, 1.807) is 12.1 Å². The van der Waals surface area contributed by atoms with Crippen molar-refractivity contribution >= 4 is 22.5 Å². The molecule has 4 rings (SSSR count). The van der Waals surface area contributed by atoms with Gasteiger partial charge in [0.2, 0.25) is 0 Å². The van der Waals surface area contributed by atoms with Gasteiger partial charge in [-0.25, -0.2) is 4.39 Å². The van der Waals surface area contributed by atoms with Crippen molar-refractivity contribution < 1.29 is 9.18 Å². The lowest BCUT2D eigenvalue weighted by Gasteiger charge is -2.14. The fraction of sp³-hybridized carbons (Fsp3) is 0.333. The van der Waals surface area contributed by atoms with Crippen LogP contribution < -0.4 is 5.32 Å². The van der Waals surface area contributed by atoms with E-state index in [-0.39, 0.29) is 23.7 Å². The highest BCUT2D eigenvalue weighted by atomic mass is 19.1. The molecule has 0 spiro atoms. The summed E-state index contributed by atoms with van der Waals surface area (Å²) in [6.07, 6.45) is 4.05. The minimum atomic E-state index is -0.269. The van der Waals surface area contributed by atoms with E-state index >= 15 is 0 Å². The molecule has 1 aromatic carbocycles. The third-order valence-electron chi connectivity index (χ3n) is 5.09. The van der Waals surface area contributed by atoms with E-state index in [1.807, 2.05) is 38.6 Å². The molecule has 7 nitrogen and oxygen atoms in total. The molecule has 0 radical (unpaired) electrons. The lowest BCUT2D eigenvalue weighted by atomic mass is 10.0. The van der Waals surface area contributed by atoms with Gasteiger partial charge in [0, 0.05) is 35.8 Å². The van der Waals surface area contributed by atoms with Gasteiger partial charge in [0.25, 0.3) is 5.91 Å². The number of carbonyl (C=O) groups excluding carboxylic acids is 1. The first-order valence-electron chi connectivity index (χ1n) is 9.58. The number of nitrogens with one attached hydrogen (secondary N) is 1. The Hall–Kier alpha value is -3.29. The first-order valence-corrected chi connectivity index (χ1v) is 9.58. The number of carbonyl (C=O) groups is 1. The maximum atomic E-state index is 13.7. The fourth-order valence-electron chi connectivity index (χ4n) is 3.67. The van der Waals surface area contributed by atoms with Gasteiger partial charge in [-0.2, -0.15) is 9.61 Å². The number of fused-ring (bicyclic) bond motifs is 2. The molecule has 150 valence electrons. The molecular weight excluding hydrogens is 371 g/mol. The third-order valence-corrected chi connectivity index (χ3v) is 5.09. The Morgan fingerprint density at radius 3 is 2.79 bits per heavy atom. The number of benzene rings is 1. The molecule has 3 heterocycles. The van der Waals surface area contributed by atoms with E-state index in [9.17, 15) is 9.18 Å². The average Bonchev–Trinajstić information content (AvgIpc) is 3.25. The molecule has 3 aromatic heterocycles. The SMILES string of the molecule is CC(C)c1cc(C(=O)N[C@@H](C)Cc2cn(C)c3ccc(F)cc23)nn2cnnc12. The van der Waals surface area contributed by atoms with Crippen LogP contribution in [-0.4, -0.2) is 36.3 Å². The number of halogens is 1. The highest BCUT2D eigenvalue weighted by Crippen LogP contribution is 2.23. The van der Waals surface area contributed by atoms with Crippen molar-refractivity contribution in [2.45, 2.75) is 39.2 Å². The minimum Gasteiger partial charge on any atom is -0.350 e. The number of hydrogen-bond acceptors (Lipinski definition) is 4. The first kappa shape index (κ1) is 19.0. The van der Waals surface area contributed by atoms with Crippen LogP contribution in [-0.2, 0) is 13.5 Å². The van der Waals surface area contributed by atoms with E-state index < -0.39 is 0 Å². The maximum absolute atomic E-state index is 13.7. The van der Waals surface area contributed by atoms with Crippen LogP contribution in [0.25, 0.3) is 16.6 Å². The quantitative estimate of drug-likeness (QED) is 0.564. The van der Waals surface area contributed by atoms with Crippen LogP contribution in [0.4, 0.5) is 4.39 Å². The topological polar surface area (TPSA) is 77.1 Å². The van der Waals surface area contributed by atoms with Gasteiger partial charge in [0.1, 0.15) is 17.8 Å². The summed E-state index contributed by atoms with van der Waals surface area (Å²) in [4.78, 5) is 12.8. The zero-order valence-electron chi connectivity index (χ0n) is 16.8. The summed E-state index contributed by atoms with van der Waals surface area (Å²) in [6, 6.07) is 6.37. The van der Waals surface area contributed by atoms with Gasteiger partial charge in [-0.1, -0.05) is 13.8 Å². The van der Waals surface area contributed by atoms with Gasteiger partial charge in [-0.15, -0.1) is 10.2 Å². The van der Waals surface area contributed by atoms with E-state index in [4.69, 9.17) is 0 Å². The Morgan fingerprint density at radius 1 is 1.24 bits per heavy atom. The second-order valence-electron chi connectivity index (χ2n) is 7.74. The van der Waals surface area contributed by atoms with Crippen LogP contribution in [0.5, 0.6) is 0 Å². The predicted octanol–water partition coefficient (Wildman–Crippen LogP) is 3.24. The standard InChI is InChI=1S/C21H23FN6O/c1-12(2)16-9-18(26-28-11-23-25-20(16)28)21(29)24-13(3)7-14-10-27(4)19-6-5-15(22)8-17(14)19/h5-6,8-13H,7H2,1-4H3,(H,24,29)/t13-/m0/s1. The molecule has 0 aliphatic carbocycles. The fourth-order valence-corrected chi connectivity index (χ4v) is 3.67. The normalized spacial score (nSPS) is 12.8. The molecule has 0 saturated carbocycles. The van der Waals surface area contributed by atoms with Crippen LogP contribution in [0, 0.1) is 5.82 Å². The molecule has 0 saturated heterocycles. The number of hydrogen-bond donors (Lipinski definition) is 1. The van der Waals surface area contributed by atoms with E-state index in [0.717, 1.165) is 22.0 Å². The van der Waals surface area contributed by atoms with Crippen molar-refractivity contribution in [1.82, 2.24) is 29.7 Å². The molecule has 0 aliphatic rings. The van der Waals surface area contributed by atoms with E-state index in [0.29, 0.717) is 17.8 Å². The van der Waals surface area contributed by atoms with Crippen molar-refractivity contribution in [3.63, 3.8) is 0 Å². The Labute approximate surface area is 167 Å². The third kappa shape index (κ3) is 3.57. The minimum absolute atomic E-state index is 0.155. The highest BCUT2D eigenvalue weighted by molar-refractivity contribution is 5.93. The van der Waals surface area contributed by atoms with Crippen LogP contribution in [0.1, 0.15) is 48.3 Å². The Kier molecular flexibility index (Phi) is 4.77. The van der Waals surface area contributed by atoms with Gasteiger partial charge in [-0.05, 0) is 49.1 Å². The summed E-state index contributed by atoms with van der Waals surface area (Å²) in [5, 5.41) is 16.2. The van der Waals surface area contributed by atoms with Crippen molar-refractivity contribution in [2.75, 3.05) is 0 Å². The molecule has 0 bridgehead atoms. The van der Waals surface area contributed by atoms with Gasteiger partial charge >= 0.3 is 0 Å². The Balaban J connectivity index is 1.56. The van der Waals surface area contributed by atoms with Gasteiger partial charge in [0.15, 0.2) is 5.65 Å². The molecule has 0 aliphatic heterocycles. The predicted molar refractivity (Wildman–Crippen MR) is 108 cm³/mol.